The van der Waals surface area contributed by atoms with Crippen LogP contribution >= 0.6 is 15.9 Å². The molecule has 0 saturated carbocycles. The Bertz CT molecular complexity index is 583. The number of benzene rings is 1. The molecule has 0 spiro atoms. The molecule has 1 aromatic rings. The Labute approximate surface area is 136 Å². The van der Waals surface area contributed by atoms with Crippen LogP contribution in [0, 0.1) is 12.8 Å². The number of nitrogens with one attached hydrogen (secondary N) is 1. The standard InChI is InChI=1S/C15H24BrNO3S/c1-5-13(6-2)11(4)17-21(19,20)15-8-12(9-18)7-14(16)10(15)3/h7-8,11,13,17-18H,5-6,9H2,1-4H3. The summed E-state index contributed by atoms with van der Waals surface area (Å²) < 4.78 is 28.7. The van der Waals surface area contributed by atoms with E-state index < -0.39 is 10.0 Å². The largest absolute Gasteiger partial charge is 0.392 e. The van der Waals surface area contributed by atoms with E-state index in [1.165, 1.54) is 6.07 Å². The van der Waals surface area contributed by atoms with Crippen LogP contribution < -0.4 is 4.72 Å². The zero-order valence-corrected chi connectivity index (χ0v) is 15.4. The zero-order valence-electron chi connectivity index (χ0n) is 13.0. The molecule has 0 heterocycles. The van der Waals surface area contributed by atoms with Crippen molar-refractivity contribution < 1.29 is 13.5 Å². The van der Waals surface area contributed by atoms with Gasteiger partial charge in [-0.2, -0.15) is 0 Å². The topological polar surface area (TPSA) is 66.4 Å². The Morgan fingerprint density at radius 3 is 2.33 bits per heavy atom. The van der Waals surface area contributed by atoms with Crippen LogP contribution in [-0.4, -0.2) is 19.6 Å². The molecular formula is C15H24BrNO3S. The highest BCUT2D eigenvalue weighted by Crippen LogP contribution is 2.26. The van der Waals surface area contributed by atoms with E-state index in [0.717, 1.165) is 12.8 Å². The van der Waals surface area contributed by atoms with Crippen LogP contribution in [0.1, 0.15) is 44.7 Å². The fourth-order valence-electron chi connectivity index (χ4n) is 2.48. The summed E-state index contributed by atoms with van der Waals surface area (Å²) in [7, 11) is -3.60. The minimum Gasteiger partial charge on any atom is -0.392 e. The summed E-state index contributed by atoms with van der Waals surface area (Å²) in [6.45, 7) is 7.58. The molecule has 1 rings (SSSR count). The van der Waals surface area contributed by atoms with Crippen LogP contribution in [0.3, 0.4) is 0 Å². The first-order valence-corrected chi connectivity index (χ1v) is 9.46. The van der Waals surface area contributed by atoms with Gasteiger partial charge in [0.25, 0.3) is 0 Å². The number of halogens is 1. The number of sulfonamides is 1. The van der Waals surface area contributed by atoms with Gasteiger partial charge in [0.1, 0.15) is 0 Å². The maximum atomic E-state index is 12.6. The van der Waals surface area contributed by atoms with E-state index >= 15 is 0 Å². The number of aliphatic hydroxyl groups is 1. The average Bonchev–Trinajstić information content (AvgIpc) is 2.42. The molecule has 1 aromatic carbocycles. The SMILES string of the molecule is CCC(CC)C(C)NS(=O)(=O)c1cc(CO)cc(Br)c1C. The van der Waals surface area contributed by atoms with Crippen LogP contribution in [0.4, 0.5) is 0 Å². The second-order valence-electron chi connectivity index (χ2n) is 5.35. The van der Waals surface area contributed by atoms with Gasteiger partial charge in [0.2, 0.25) is 10.0 Å². The molecule has 2 N–H and O–H groups in total. The number of hydrogen-bond donors (Lipinski definition) is 2. The molecule has 0 aliphatic carbocycles. The molecule has 0 bridgehead atoms. The van der Waals surface area contributed by atoms with Gasteiger partial charge >= 0.3 is 0 Å². The molecule has 0 fully saturated rings. The first-order chi connectivity index (χ1) is 9.76. The molecule has 1 unspecified atom stereocenters. The summed E-state index contributed by atoms with van der Waals surface area (Å²) in [4.78, 5) is 0.221. The second-order valence-corrected chi connectivity index (χ2v) is 7.88. The fourth-order valence-corrected chi connectivity index (χ4v) is 4.74. The van der Waals surface area contributed by atoms with Crippen molar-refractivity contribution in [2.24, 2.45) is 5.92 Å². The number of hydrogen-bond acceptors (Lipinski definition) is 3. The molecule has 4 nitrogen and oxygen atoms in total. The molecule has 6 heteroatoms. The Kier molecular flexibility index (Phi) is 6.84. The molecule has 0 aliphatic heterocycles. The number of aliphatic hydroxyl groups excluding tert-OH is 1. The van der Waals surface area contributed by atoms with Gasteiger partial charge in [-0.25, -0.2) is 13.1 Å². The van der Waals surface area contributed by atoms with Crippen molar-refractivity contribution in [3.8, 4) is 0 Å². The van der Waals surface area contributed by atoms with Gasteiger partial charge in [0, 0.05) is 10.5 Å². The lowest BCUT2D eigenvalue weighted by atomic mass is 9.96. The molecule has 0 aliphatic rings. The van der Waals surface area contributed by atoms with Crippen molar-refractivity contribution in [3.63, 3.8) is 0 Å². The third-order valence-corrected chi connectivity index (χ3v) is 6.43. The van der Waals surface area contributed by atoms with Gasteiger partial charge in [-0.1, -0.05) is 42.6 Å². The van der Waals surface area contributed by atoms with Crippen LogP contribution in [-0.2, 0) is 16.6 Å². The Morgan fingerprint density at radius 1 is 1.29 bits per heavy atom. The fraction of sp³-hybridized carbons (Fsp3) is 0.600. The quantitative estimate of drug-likeness (QED) is 0.765. The van der Waals surface area contributed by atoms with Gasteiger partial charge in [-0.3, -0.25) is 0 Å². The van der Waals surface area contributed by atoms with E-state index in [4.69, 9.17) is 0 Å². The highest BCUT2D eigenvalue weighted by Gasteiger charge is 2.24. The molecule has 1 atom stereocenters. The van der Waals surface area contributed by atoms with E-state index in [9.17, 15) is 13.5 Å². The lowest BCUT2D eigenvalue weighted by molar-refractivity contribution is 0.281. The predicted molar refractivity (Wildman–Crippen MR) is 88.7 cm³/mol. The minimum atomic E-state index is -3.60. The molecule has 0 radical (unpaired) electrons. The Morgan fingerprint density at radius 2 is 1.86 bits per heavy atom. The molecule has 21 heavy (non-hydrogen) atoms. The van der Waals surface area contributed by atoms with Gasteiger partial charge < -0.3 is 5.11 Å². The van der Waals surface area contributed by atoms with Crippen molar-refractivity contribution >= 4 is 26.0 Å². The van der Waals surface area contributed by atoms with E-state index in [2.05, 4.69) is 34.5 Å². The summed E-state index contributed by atoms with van der Waals surface area (Å²) in [5, 5.41) is 9.25. The maximum absolute atomic E-state index is 12.6. The second kappa shape index (κ2) is 7.72. The zero-order chi connectivity index (χ0) is 16.2. The summed E-state index contributed by atoms with van der Waals surface area (Å²) in [6.07, 6.45) is 1.86. The maximum Gasteiger partial charge on any atom is 0.241 e. The first-order valence-electron chi connectivity index (χ1n) is 7.19. The first kappa shape index (κ1) is 18.6. The van der Waals surface area contributed by atoms with E-state index in [1.54, 1.807) is 13.0 Å². The smallest absolute Gasteiger partial charge is 0.241 e. The summed E-state index contributed by atoms with van der Waals surface area (Å²) >= 11 is 3.35. The Hall–Kier alpha value is -0.430. The van der Waals surface area contributed by atoms with Crippen molar-refractivity contribution in [1.29, 1.82) is 0 Å². The number of rotatable bonds is 7. The normalized spacial score (nSPS) is 13.7. The Balaban J connectivity index is 3.16. The minimum absolute atomic E-state index is 0.124. The third-order valence-electron chi connectivity index (χ3n) is 3.93. The monoisotopic (exact) mass is 377 g/mol. The lowest BCUT2D eigenvalue weighted by Gasteiger charge is -2.23. The highest BCUT2D eigenvalue weighted by atomic mass is 79.9. The molecule has 0 amide bonds. The van der Waals surface area contributed by atoms with Gasteiger partial charge in [-0.15, -0.1) is 0 Å². The summed E-state index contributed by atoms with van der Waals surface area (Å²) in [5.41, 5.74) is 1.22. The van der Waals surface area contributed by atoms with Gasteiger partial charge in [0.15, 0.2) is 0 Å². The predicted octanol–water partition coefficient (Wildman–Crippen LogP) is 3.35. The van der Waals surface area contributed by atoms with Crippen LogP contribution in [0.15, 0.2) is 21.5 Å². The lowest BCUT2D eigenvalue weighted by Crippen LogP contribution is -2.38. The van der Waals surface area contributed by atoms with Crippen molar-refractivity contribution in [1.82, 2.24) is 4.72 Å². The molecule has 120 valence electrons. The van der Waals surface area contributed by atoms with Gasteiger partial charge in [-0.05, 0) is 43.0 Å². The third kappa shape index (κ3) is 4.52. The molecular weight excluding hydrogens is 354 g/mol. The average molecular weight is 378 g/mol. The van der Waals surface area contributed by atoms with Crippen molar-refractivity contribution in [2.75, 3.05) is 0 Å². The summed E-state index contributed by atoms with van der Waals surface area (Å²) in [5.74, 6) is 0.310. The van der Waals surface area contributed by atoms with Crippen molar-refractivity contribution in [3.05, 3.63) is 27.7 Å². The van der Waals surface area contributed by atoms with Crippen LogP contribution in [0.5, 0.6) is 0 Å². The van der Waals surface area contributed by atoms with E-state index in [-0.39, 0.29) is 17.5 Å². The summed E-state index contributed by atoms with van der Waals surface area (Å²) in [6, 6.07) is 3.14. The van der Waals surface area contributed by atoms with E-state index in [1.807, 2.05) is 6.92 Å². The molecule has 0 saturated heterocycles. The molecule has 0 aromatic heterocycles. The van der Waals surface area contributed by atoms with Crippen LogP contribution in [0.25, 0.3) is 0 Å². The highest BCUT2D eigenvalue weighted by molar-refractivity contribution is 9.10. The van der Waals surface area contributed by atoms with Crippen molar-refractivity contribution in [2.45, 2.75) is 58.1 Å². The van der Waals surface area contributed by atoms with E-state index in [0.29, 0.717) is 21.5 Å². The van der Waals surface area contributed by atoms with Gasteiger partial charge in [0.05, 0.1) is 11.5 Å². The van der Waals surface area contributed by atoms with Crippen LogP contribution in [0.2, 0.25) is 0 Å².